The average Bonchev–Trinajstić information content (AvgIpc) is 2.42. The summed E-state index contributed by atoms with van der Waals surface area (Å²) in [7, 11) is 0. The first-order valence-electron chi connectivity index (χ1n) is 6.14. The van der Waals surface area contributed by atoms with Gasteiger partial charge in [0.2, 0.25) is 0 Å². The van der Waals surface area contributed by atoms with Crippen molar-refractivity contribution in [3.63, 3.8) is 0 Å². The van der Waals surface area contributed by atoms with Crippen LogP contribution in [0.2, 0.25) is 0 Å². The van der Waals surface area contributed by atoms with Crippen LogP contribution in [-0.4, -0.2) is 12.4 Å². The smallest absolute Gasteiger partial charge is 0.169 e. The van der Waals surface area contributed by atoms with Gasteiger partial charge in [-0.2, -0.15) is 0 Å². The second-order valence-corrected chi connectivity index (χ2v) is 4.32. The fraction of sp³-hybridized carbons (Fsp3) is 0.188. The topological polar surface area (TPSA) is 26.3 Å². The molecule has 0 fully saturated rings. The molecule has 98 valence electrons. The summed E-state index contributed by atoms with van der Waals surface area (Å²) in [6.45, 7) is 2.08. The summed E-state index contributed by atoms with van der Waals surface area (Å²) in [5.41, 5.74) is 1.00. The molecule has 0 saturated carbocycles. The number of Topliss-reactive ketones (excluding diaryl/α,β-unsaturated/α-hetero) is 1. The molecule has 0 aliphatic rings. The van der Waals surface area contributed by atoms with Crippen molar-refractivity contribution in [2.75, 3.05) is 6.61 Å². The van der Waals surface area contributed by atoms with E-state index < -0.39 is 5.82 Å². The highest BCUT2D eigenvalue weighted by atomic mass is 19.1. The van der Waals surface area contributed by atoms with Crippen molar-refractivity contribution in [1.82, 2.24) is 0 Å². The molecule has 0 amide bonds. The number of carbonyl (C=O) groups is 1. The zero-order valence-corrected chi connectivity index (χ0v) is 10.7. The van der Waals surface area contributed by atoms with Crippen LogP contribution in [0.5, 0.6) is 5.75 Å². The lowest BCUT2D eigenvalue weighted by Crippen LogP contribution is -2.08. The van der Waals surface area contributed by atoms with Crippen LogP contribution in [0.25, 0.3) is 0 Å². The molecule has 0 aliphatic heterocycles. The van der Waals surface area contributed by atoms with E-state index in [1.54, 1.807) is 12.1 Å². The Labute approximate surface area is 111 Å². The minimum absolute atomic E-state index is 0.136. The van der Waals surface area contributed by atoms with Gasteiger partial charge < -0.3 is 4.74 Å². The van der Waals surface area contributed by atoms with Gasteiger partial charge in [-0.15, -0.1) is 0 Å². The Kier molecular flexibility index (Phi) is 4.29. The Bertz CT molecular complexity index is 564. The molecule has 0 unspecified atom stereocenters. The number of benzene rings is 2. The number of para-hydroxylation sites is 1. The molecule has 0 radical (unpaired) electrons. The predicted molar refractivity (Wildman–Crippen MR) is 72.0 cm³/mol. The molecular weight excluding hydrogens is 243 g/mol. The molecule has 2 aromatic carbocycles. The van der Waals surface area contributed by atoms with Crippen LogP contribution in [0.3, 0.4) is 0 Å². The third-order valence-electron chi connectivity index (χ3n) is 2.76. The van der Waals surface area contributed by atoms with E-state index in [4.69, 9.17) is 4.74 Å². The second kappa shape index (κ2) is 6.14. The first kappa shape index (κ1) is 13.3. The van der Waals surface area contributed by atoms with Gasteiger partial charge in [-0.05, 0) is 31.2 Å². The van der Waals surface area contributed by atoms with Gasteiger partial charge in [-0.25, -0.2) is 4.39 Å². The first-order valence-corrected chi connectivity index (χ1v) is 6.14. The fourth-order valence-corrected chi connectivity index (χ4v) is 1.77. The molecule has 2 aromatic rings. The molecule has 0 saturated heterocycles. The van der Waals surface area contributed by atoms with E-state index >= 15 is 0 Å². The Balaban J connectivity index is 1.93. The largest absolute Gasteiger partial charge is 0.493 e. The highest BCUT2D eigenvalue weighted by Crippen LogP contribution is 2.13. The van der Waals surface area contributed by atoms with E-state index in [-0.39, 0.29) is 24.4 Å². The van der Waals surface area contributed by atoms with Gasteiger partial charge in [-0.1, -0.05) is 29.8 Å². The van der Waals surface area contributed by atoms with Crippen molar-refractivity contribution in [1.29, 1.82) is 0 Å². The van der Waals surface area contributed by atoms with E-state index in [0.29, 0.717) is 5.75 Å². The summed E-state index contributed by atoms with van der Waals surface area (Å²) in [6, 6.07) is 13.8. The van der Waals surface area contributed by atoms with Crippen molar-refractivity contribution in [3.8, 4) is 5.75 Å². The third kappa shape index (κ3) is 3.65. The number of carbonyl (C=O) groups excluding carboxylic acids is 1. The number of hydrogen-bond acceptors (Lipinski definition) is 2. The summed E-state index contributed by atoms with van der Waals surface area (Å²) in [5, 5.41) is 0. The number of halogens is 1. The van der Waals surface area contributed by atoms with E-state index in [1.165, 1.54) is 6.07 Å². The van der Waals surface area contributed by atoms with E-state index in [2.05, 4.69) is 0 Å². The number of ether oxygens (including phenoxy) is 1. The van der Waals surface area contributed by atoms with Crippen LogP contribution in [0.15, 0.2) is 48.5 Å². The molecular formula is C16H15FO2. The predicted octanol–water partition coefficient (Wildman–Crippen LogP) is 3.79. The maximum atomic E-state index is 13.5. The molecule has 0 heterocycles. The molecule has 2 rings (SSSR count). The van der Waals surface area contributed by atoms with E-state index in [0.717, 1.165) is 5.56 Å². The molecule has 0 N–H and O–H groups in total. The Morgan fingerprint density at radius 3 is 2.63 bits per heavy atom. The Morgan fingerprint density at radius 1 is 1.16 bits per heavy atom. The summed E-state index contributed by atoms with van der Waals surface area (Å²) < 4.78 is 18.9. The molecule has 0 aliphatic carbocycles. The van der Waals surface area contributed by atoms with Crippen molar-refractivity contribution in [2.45, 2.75) is 13.3 Å². The van der Waals surface area contributed by atoms with Crippen LogP contribution in [0.4, 0.5) is 4.39 Å². The Hall–Kier alpha value is -2.16. The van der Waals surface area contributed by atoms with Crippen molar-refractivity contribution >= 4 is 5.78 Å². The minimum atomic E-state index is -0.477. The van der Waals surface area contributed by atoms with Crippen LogP contribution in [0.1, 0.15) is 22.3 Å². The van der Waals surface area contributed by atoms with Crippen LogP contribution >= 0.6 is 0 Å². The average molecular weight is 258 g/mol. The SMILES string of the molecule is Cc1ccc(F)c(C(=O)CCOc2ccccc2)c1. The third-order valence-corrected chi connectivity index (χ3v) is 2.76. The Morgan fingerprint density at radius 2 is 1.89 bits per heavy atom. The van der Waals surface area contributed by atoms with Gasteiger partial charge in [0, 0.05) is 6.42 Å². The van der Waals surface area contributed by atoms with Crippen LogP contribution in [-0.2, 0) is 0 Å². The molecule has 19 heavy (non-hydrogen) atoms. The summed E-state index contributed by atoms with van der Waals surface area (Å²) in [5.74, 6) is -0.00698. The summed E-state index contributed by atoms with van der Waals surface area (Å²) in [4.78, 5) is 11.9. The van der Waals surface area contributed by atoms with Gasteiger partial charge in [0.15, 0.2) is 5.78 Å². The summed E-state index contributed by atoms with van der Waals surface area (Å²) in [6.07, 6.45) is 0.162. The molecule has 0 atom stereocenters. The lowest BCUT2D eigenvalue weighted by molar-refractivity contribution is 0.0958. The number of ketones is 1. The number of hydrogen-bond donors (Lipinski definition) is 0. The van der Waals surface area contributed by atoms with Crippen LogP contribution < -0.4 is 4.74 Å². The van der Waals surface area contributed by atoms with Crippen molar-refractivity contribution in [3.05, 3.63) is 65.5 Å². The molecule has 2 nitrogen and oxygen atoms in total. The maximum absolute atomic E-state index is 13.5. The maximum Gasteiger partial charge on any atom is 0.169 e. The van der Waals surface area contributed by atoms with Gasteiger partial charge in [0.1, 0.15) is 11.6 Å². The van der Waals surface area contributed by atoms with Gasteiger partial charge >= 0.3 is 0 Å². The van der Waals surface area contributed by atoms with Gasteiger partial charge in [-0.3, -0.25) is 4.79 Å². The fourth-order valence-electron chi connectivity index (χ4n) is 1.77. The first-order chi connectivity index (χ1) is 9.16. The lowest BCUT2D eigenvalue weighted by Gasteiger charge is -2.06. The molecule has 0 spiro atoms. The number of aryl methyl sites for hydroxylation is 1. The molecule has 3 heteroatoms. The second-order valence-electron chi connectivity index (χ2n) is 4.32. The minimum Gasteiger partial charge on any atom is -0.493 e. The normalized spacial score (nSPS) is 10.2. The quantitative estimate of drug-likeness (QED) is 0.763. The lowest BCUT2D eigenvalue weighted by atomic mass is 10.1. The standard InChI is InChI=1S/C16H15FO2/c1-12-7-8-15(17)14(11-12)16(18)9-10-19-13-5-3-2-4-6-13/h2-8,11H,9-10H2,1H3. The van der Waals surface area contributed by atoms with Crippen molar-refractivity contribution in [2.24, 2.45) is 0 Å². The number of rotatable bonds is 5. The van der Waals surface area contributed by atoms with Gasteiger partial charge in [0.25, 0.3) is 0 Å². The zero-order valence-electron chi connectivity index (χ0n) is 10.7. The van der Waals surface area contributed by atoms with E-state index in [1.807, 2.05) is 37.3 Å². The summed E-state index contributed by atoms with van der Waals surface area (Å²) >= 11 is 0. The van der Waals surface area contributed by atoms with Crippen molar-refractivity contribution < 1.29 is 13.9 Å². The molecule has 0 bridgehead atoms. The van der Waals surface area contributed by atoms with E-state index in [9.17, 15) is 9.18 Å². The highest BCUT2D eigenvalue weighted by Gasteiger charge is 2.11. The highest BCUT2D eigenvalue weighted by molar-refractivity contribution is 5.96. The zero-order chi connectivity index (χ0) is 13.7. The molecule has 0 aromatic heterocycles. The van der Waals surface area contributed by atoms with Crippen LogP contribution in [0, 0.1) is 12.7 Å². The van der Waals surface area contributed by atoms with Gasteiger partial charge in [0.05, 0.1) is 12.2 Å². The monoisotopic (exact) mass is 258 g/mol.